The Labute approximate surface area is 124 Å². The van der Waals surface area contributed by atoms with Crippen molar-refractivity contribution in [3.05, 3.63) is 59.2 Å². The van der Waals surface area contributed by atoms with Gasteiger partial charge >= 0.3 is 5.97 Å². The summed E-state index contributed by atoms with van der Waals surface area (Å²) in [6.45, 7) is 5.00. The molecule has 0 unspecified atom stereocenters. The number of anilines is 2. The Morgan fingerprint density at radius 1 is 1.19 bits per heavy atom. The van der Waals surface area contributed by atoms with Crippen molar-refractivity contribution < 1.29 is 9.90 Å². The number of rotatable bonds is 5. The van der Waals surface area contributed by atoms with E-state index in [1.165, 1.54) is 17.2 Å². The standard InChI is InChI=1S/C17H20N2O2/c1-11(2)13-5-3-12(4-6-13)10-19-14-7-8-15(17(20)21)16(18)9-14/h3-9,11,19H,10,18H2,1-2H3,(H,20,21). The molecule has 0 amide bonds. The molecule has 4 N–H and O–H groups in total. The van der Waals surface area contributed by atoms with E-state index in [0.29, 0.717) is 12.5 Å². The summed E-state index contributed by atoms with van der Waals surface area (Å²) in [5.41, 5.74) is 9.41. The fourth-order valence-electron chi connectivity index (χ4n) is 2.09. The van der Waals surface area contributed by atoms with Crippen molar-refractivity contribution in [1.82, 2.24) is 0 Å². The molecule has 0 spiro atoms. The molecule has 0 saturated carbocycles. The number of hydrogen-bond acceptors (Lipinski definition) is 3. The number of nitrogens with one attached hydrogen (secondary N) is 1. The first-order valence-corrected chi connectivity index (χ1v) is 6.93. The lowest BCUT2D eigenvalue weighted by Crippen LogP contribution is -2.05. The third-order valence-corrected chi connectivity index (χ3v) is 3.42. The van der Waals surface area contributed by atoms with Crippen molar-refractivity contribution in [1.29, 1.82) is 0 Å². The summed E-state index contributed by atoms with van der Waals surface area (Å²) in [6.07, 6.45) is 0. The molecular formula is C17H20N2O2. The van der Waals surface area contributed by atoms with Gasteiger partial charge in [0.15, 0.2) is 0 Å². The number of benzene rings is 2. The van der Waals surface area contributed by atoms with Crippen LogP contribution < -0.4 is 11.1 Å². The highest BCUT2D eigenvalue weighted by Gasteiger charge is 2.07. The van der Waals surface area contributed by atoms with Crippen LogP contribution >= 0.6 is 0 Å². The van der Waals surface area contributed by atoms with Crippen LogP contribution in [0.2, 0.25) is 0 Å². The van der Waals surface area contributed by atoms with Crippen LogP contribution in [-0.2, 0) is 6.54 Å². The molecule has 21 heavy (non-hydrogen) atoms. The third-order valence-electron chi connectivity index (χ3n) is 3.42. The van der Waals surface area contributed by atoms with Crippen molar-refractivity contribution in [3.8, 4) is 0 Å². The molecule has 0 heterocycles. The molecular weight excluding hydrogens is 264 g/mol. The summed E-state index contributed by atoms with van der Waals surface area (Å²) in [5, 5.41) is 12.2. The average Bonchev–Trinajstić information content (AvgIpc) is 2.45. The molecule has 2 rings (SSSR count). The highest BCUT2D eigenvalue weighted by atomic mass is 16.4. The zero-order valence-electron chi connectivity index (χ0n) is 12.3. The van der Waals surface area contributed by atoms with Gasteiger partial charge in [-0.2, -0.15) is 0 Å². The molecule has 0 aliphatic rings. The van der Waals surface area contributed by atoms with E-state index in [4.69, 9.17) is 10.8 Å². The number of nitrogen functional groups attached to an aromatic ring is 1. The van der Waals surface area contributed by atoms with Crippen LogP contribution in [0.5, 0.6) is 0 Å². The van der Waals surface area contributed by atoms with E-state index in [1.54, 1.807) is 12.1 Å². The fourth-order valence-corrected chi connectivity index (χ4v) is 2.09. The van der Waals surface area contributed by atoms with E-state index in [9.17, 15) is 4.79 Å². The van der Waals surface area contributed by atoms with E-state index in [0.717, 1.165) is 5.69 Å². The van der Waals surface area contributed by atoms with E-state index in [1.807, 2.05) is 0 Å². The van der Waals surface area contributed by atoms with Crippen LogP contribution in [0.15, 0.2) is 42.5 Å². The van der Waals surface area contributed by atoms with Gasteiger partial charge in [0, 0.05) is 17.9 Å². The molecule has 2 aromatic rings. The maximum Gasteiger partial charge on any atom is 0.337 e. The normalized spacial score (nSPS) is 10.6. The van der Waals surface area contributed by atoms with Gasteiger partial charge in [-0.05, 0) is 35.2 Å². The predicted octanol–water partition coefficient (Wildman–Crippen LogP) is 3.70. The minimum atomic E-state index is -1.01. The topological polar surface area (TPSA) is 75.3 Å². The number of aromatic carboxylic acids is 1. The van der Waals surface area contributed by atoms with Gasteiger partial charge in [-0.1, -0.05) is 38.1 Å². The highest BCUT2D eigenvalue weighted by molar-refractivity contribution is 5.94. The minimum Gasteiger partial charge on any atom is -0.478 e. The first-order chi connectivity index (χ1) is 9.97. The lowest BCUT2D eigenvalue weighted by atomic mass is 10.0. The number of carbonyl (C=O) groups is 1. The monoisotopic (exact) mass is 284 g/mol. The second-order valence-corrected chi connectivity index (χ2v) is 5.36. The molecule has 0 aliphatic heterocycles. The number of nitrogens with two attached hydrogens (primary N) is 1. The Bertz CT molecular complexity index is 634. The van der Waals surface area contributed by atoms with Crippen molar-refractivity contribution in [2.75, 3.05) is 11.1 Å². The maximum absolute atomic E-state index is 10.9. The second kappa shape index (κ2) is 6.31. The van der Waals surface area contributed by atoms with Gasteiger partial charge in [-0.3, -0.25) is 0 Å². The Kier molecular flexibility index (Phi) is 4.48. The van der Waals surface area contributed by atoms with Crippen LogP contribution in [0, 0.1) is 0 Å². The molecule has 4 heteroatoms. The summed E-state index contributed by atoms with van der Waals surface area (Å²) in [4.78, 5) is 10.9. The Morgan fingerprint density at radius 2 is 1.86 bits per heavy atom. The van der Waals surface area contributed by atoms with Crippen molar-refractivity contribution in [2.45, 2.75) is 26.3 Å². The van der Waals surface area contributed by atoms with Crippen molar-refractivity contribution in [2.24, 2.45) is 0 Å². The highest BCUT2D eigenvalue weighted by Crippen LogP contribution is 2.19. The molecule has 0 fully saturated rings. The Morgan fingerprint density at radius 3 is 2.38 bits per heavy atom. The molecule has 110 valence electrons. The fraction of sp³-hybridized carbons (Fsp3) is 0.235. The Hall–Kier alpha value is -2.49. The Balaban J connectivity index is 2.03. The second-order valence-electron chi connectivity index (χ2n) is 5.36. The van der Waals surface area contributed by atoms with E-state index in [-0.39, 0.29) is 11.3 Å². The lowest BCUT2D eigenvalue weighted by Gasteiger charge is -2.10. The first-order valence-electron chi connectivity index (χ1n) is 6.93. The van der Waals surface area contributed by atoms with Gasteiger partial charge < -0.3 is 16.2 Å². The molecule has 0 saturated heterocycles. The largest absolute Gasteiger partial charge is 0.478 e. The SMILES string of the molecule is CC(C)c1ccc(CNc2ccc(C(=O)O)c(N)c2)cc1. The molecule has 4 nitrogen and oxygen atoms in total. The summed E-state index contributed by atoms with van der Waals surface area (Å²) in [6, 6.07) is 13.3. The summed E-state index contributed by atoms with van der Waals surface area (Å²) in [7, 11) is 0. The lowest BCUT2D eigenvalue weighted by molar-refractivity contribution is 0.0698. The van der Waals surface area contributed by atoms with Gasteiger partial charge in [-0.25, -0.2) is 4.79 Å². The molecule has 2 aromatic carbocycles. The number of carboxylic acid groups (broad SMARTS) is 1. The van der Waals surface area contributed by atoms with Gasteiger partial charge in [-0.15, -0.1) is 0 Å². The molecule has 0 aromatic heterocycles. The van der Waals surface area contributed by atoms with E-state index < -0.39 is 5.97 Å². The van der Waals surface area contributed by atoms with Crippen LogP contribution in [-0.4, -0.2) is 11.1 Å². The van der Waals surface area contributed by atoms with E-state index in [2.05, 4.69) is 43.4 Å². The molecule has 0 bridgehead atoms. The summed E-state index contributed by atoms with van der Waals surface area (Å²) < 4.78 is 0. The number of carboxylic acids is 1. The van der Waals surface area contributed by atoms with Gasteiger partial charge in [0.1, 0.15) is 0 Å². The van der Waals surface area contributed by atoms with Crippen LogP contribution in [0.3, 0.4) is 0 Å². The number of hydrogen-bond donors (Lipinski definition) is 3. The van der Waals surface area contributed by atoms with Crippen molar-refractivity contribution >= 4 is 17.3 Å². The third kappa shape index (κ3) is 3.75. The predicted molar refractivity (Wildman–Crippen MR) is 85.7 cm³/mol. The molecule has 0 radical (unpaired) electrons. The summed E-state index contributed by atoms with van der Waals surface area (Å²) in [5.74, 6) is -0.487. The van der Waals surface area contributed by atoms with Gasteiger partial charge in [0.05, 0.1) is 5.56 Å². The van der Waals surface area contributed by atoms with Crippen LogP contribution in [0.4, 0.5) is 11.4 Å². The summed E-state index contributed by atoms with van der Waals surface area (Å²) >= 11 is 0. The average molecular weight is 284 g/mol. The molecule has 0 aliphatic carbocycles. The first kappa shape index (κ1) is 14.9. The molecule has 0 atom stereocenters. The van der Waals surface area contributed by atoms with Crippen molar-refractivity contribution in [3.63, 3.8) is 0 Å². The smallest absolute Gasteiger partial charge is 0.337 e. The quantitative estimate of drug-likeness (QED) is 0.732. The zero-order chi connectivity index (χ0) is 15.4. The minimum absolute atomic E-state index is 0.127. The maximum atomic E-state index is 10.9. The zero-order valence-corrected chi connectivity index (χ0v) is 12.3. The van der Waals surface area contributed by atoms with Gasteiger partial charge in [0.2, 0.25) is 0 Å². The van der Waals surface area contributed by atoms with E-state index >= 15 is 0 Å². The van der Waals surface area contributed by atoms with Gasteiger partial charge in [0.25, 0.3) is 0 Å². The van der Waals surface area contributed by atoms with Crippen LogP contribution in [0.25, 0.3) is 0 Å². The van der Waals surface area contributed by atoms with Crippen LogP contribution in [0.1, 0.15) is 41.3 Å².